The maximum absolute atomic E-state index is 8.97. The second-order valence-corrected chi connectivity index (χ2v) is 2.97. The standard InChI is InChI=1S/C9H11NO/c11-6-8-4-3-7-2-1-5-10-9(7)8/h1-2,5,8,11H,3-4,6H2. The molecule has 1 atom stereocenters. The first-order valence-electron chi connectivity index (χ1n) is 3.96. The molecule has 58 valence electrons. The summed E-state index contributed by atoms with van der Waals surface area (Å²) in [6.07, 6.45) is 3.93. The van der Waals surface area contributed by atoms with Crippen LogP contribution in [0.15, 0.2) is 18.3 Å². The Hall–Kier alpha value is -0.890. The maximum Gasteiger partial charge on any atom is 0.0515 e. The van der Waals surface area contributed by atoms with Crippen LogP contribution in [-0.2, 0) is 6.42 Å². The topological polar surface area (TPSA) is 33.1 Å². The monoisotopic (exact) mass is 149 g/mol. The zero-order chi connectivity index (χ0) is 7.68. The van der Waals surface area contributed by atoms with E-state index in [4.69, 9.17) is 5.11 Å². The van der Waals surface area contributed by atoms with Gasteiger partial charge >= 0.3 is 0 Å². The summed E-state index contributed by atoms with van der Waals surface area (Å²) in [5.41, 5.74) is 2.42. The van der Waals surface area contributed by atoms with E-state index < -0.39 is 0 Å². The average Bonchev–Trinajstić information content (AvgIpc) is 2.47. The molecule has 0 fully saturated rings. The third-order valence-electron chi connectivity index (χ3n) is 2.30. The van der Waals surface area contributed by atoms with E-state index in [2.05, 4.69) is 11.1 Å². The van der Waals surface area contributed by atoms with E-state index >= 15 is 0 Å². The Labute approximate surface area is 65.9 Å². The number of aliphatic hydroxyl groups excluding tert-OH is 1. The van der Waals surface area contributed by atoms with Crippen molar-refractivity contribution >= 4 is 0 Å². The van der Waals surface area contributed by atoms with E-state index in [1.165, 1.54) is 5.56 Å². The van der Waals surface area contributed by atoms with Crippen LogP contribution in [0.4, 0.5) is 0 Å². The largest absolute Gasteiger partial charge is 0.396 e. The molecule has 1 aliphatic carbocycles. The number of nitrogens with zero attached hydrogens (tertiary/aromatic N) is 1. The zero-order valence-electron chi connectivity index (χ0n) is 6.33. The smallest absolute Gasteiger partial charge is 0.0515 e. The molecule has 0 aromatic carbocycles. The summed E-state index contributed by atoms with van der Waals surface area (Å²) < 4.78 is 0. The van der Waals surface area contributed by atoms with Gasteiger partial charge in [-0.25, -0.2) is 0 Å². The van der Waals surface area contributed by atoms with Gasteiger partial charge in [0.05, 0.1) is 6.61 Å². The molecule has 0 aliphatic heterocycles. The normalized spacial score (nSPS) is 21.7. The van der Waals surface area contributed by atoms with Gasteiger partial charge in [0.1, 0.15) is 0 Å². The first-order chi connectivity index (χ1) is 5.42. The summed E-state index contributed by atoms with van der Waals surface area (Å²) in [5, 5.41) is 8.97. The first kappa shape index (κ1) is 6.80. The zero-order valence-corrected chi connectivity index (χ0v) is 6.33. The van der Waals surface area contributed by atoms with Gasteiger partial charge in [-0.05, 0) is 24.5 Å². The molecule has 0 saturated carbocycles. The summed E-state index contributed by atoms with van der Waals surface area (Å²) in [4.78, 5) is 4.25. The highest BCUT2D eigenvalue weighted by Gasteiger charge is 2.21. The first-order valence-corrected chi connectivity index (χ1v) is 3.96. The van der Waals surface area contributed by atoms with Crippen LogP contribution >= 0.6 is 0 Å². The minimum atomic E-state index is 0.240. The number of aryl methyl sites for hydroxylation is 1. The van der Waals surface area contributed by atoms with Crippen LogP contribution in [-0.4, -0.2) is 16.7 Å². The number of aromatic nitrogens is 1. The molecular weight excluding hydrogens is 138 g/mol. The molecule has 1 aromatic heterocycles. The molecule has 0 radical (unpaired) electrons. The van der Waals surface area contributed by atoms with Crippen LogP contribution in [0.25, 0.3) is 0 Å². The second kappa shape index (κ2) is 2.62. The molecule has 0 bridgehead atoms. The number of aliphatic hydroxyl groups is 1. The summed E-state index contributed by atoms with van der Waals surface area (Å²) in [6.45, 7) is 0.240. The van der Waals surface area contributed by atoms with Gasteiger partial charge in [0.25, 0.3) is 0 Å². The Balaban J connectivity index is 2.39. The van der Waals surface area contributed by atoms with E-state index in [0.717, 1.165) is 18.5 Å². The van der Waals surface area contributed by atoms with Crippen molar-refractivity contribution < 1.29 is 5.11 Å². The van der Waals surface area contributed by atoms with Gasteiger partial charge in [-0.3, -0.25) is 4.98 Å². The molecule has 2 nitrogen and oxygen atoms in total. The Morgan fingerprint density at radius 1 is 1.64 bits per heavy atom. The lowest BCUT2D eigenvalue weighted by Crippen LogP contribution is -2.00. The summed E-state index contributed by atoms with van der Waals surface area (Å²) in [7, 11) is 0. The highest BCUT2D eigenvalue weighted by Crippen LogP contribution is 2.29. The van der Waals surface area contributed by atoms with Gasteiger partial charge in [-0.15, -0.1) is 0 Å². The van der Waals surface area contributed by atoms with E-state index in [1.54, 1.807) is 6.20 Å². The van der Waals surface area contributed by atoms with Crippen LogP contribution in [0.2, 0.25) is 0 Å². The third kappa shape index (κ3) is 1.03. The lowest BCUT2D eigenvalue weighted by molar-refractivity contribution is 0.263. The van der Waals surface area contributed by atoms with Crippen LogP contribution in [0.5, 0.6) is 0 Å². The van der Waals surface area contributed by atoms with Crippen molar-refractivity contribution in [2.75, 3.05) is 6.61 Å². The molecule has 11 heavy (non-hydrogen) atoms. The SMILES string of the molecule is OCC1CCc2cccnc21. The number of hydrogen-bond donors (Lipinski definition) is 1. The molecule has 2 rings (SSSR count). The summed E-state index contributed by atoms with van der Waals surface area (Å²) in [5.74, 6) is 0.297. The Morgan fingerprint density at radius 2 is 2.55 bits per heavy atom. The average molecular weight is 149 g/mol. The van der Waals surface area contributed by atoms with Crippen molar-refractivity contribution in [3.05, 3.63) is 29.6 Å². The molecular formula is C9H11NO. The molecule has 1 aromatic rings. The lowest BCUT2D eigenvalue weighted by Gasteiger charge is -2.04. The van der Waals surface area contributed by atoms with Gasteiger partial charge < -0.3 is 5.11 Å². The van der Waals surface area contributed by atoms with Crippen molar-refractivity contribution in [2.24, 2.45) is 0 Å². The van der Waals surface area contributed by atoms with Crippen LogP contribution < -0.4 is 0 Å². The van der Waals surface area contributed by atoms with Crippen molar-refractivity contribution in [3.8, 4) is 0 Å². The van der Waals surface area contributed by atoms with E-state index in [-0.39, 0.29) is 6.61 Å². The van der Waals surface area contributed by atoms with Crippen LogP contribution in [0.3, 0.4) is 0 Å². The van der Waals surface area contributed by atoms with Crippen molar-refractivity contribution in [1.29, 1.82) is 0 Å². The quantitative estimate of drug-likeness (QED) is 0.648. The van der Waals surface area contributed by atoms with Crippen LogP contribution in [0.1, 0.15) is 23.6 Å². The van der Waals surface area contributed by atoms with Crippen molar-refractivity contribution in [2.45, 2.75) is 18.8 Å². The molecule has 1 heterocycles. The Morgan fingerprint density at radius 3 is 3.36 bits per heavy atom. The predicted octanol–water partition coefficient (Wildman–Crippen LogP) is 1.10. The summed E-state index contributed by atoms with van der Waals surface area (Å²) in [6, 6.07) is 4.05. The fraction of sp³-hybridized carbons (Fsp3) is 0.444. The molecule has 2 heteroatoms. The molecule has 0 amide bonds. The molecule has 1 aliphatic rings. The number of hydrogen-bond acceptors (Lipinski definition) is 2. The van der Waals surface area contributed by atoms with Crippen molar-refractivity contribution in [1.82, 2.24) is 4.98 Å². The minimum Gasteiger partial charge on any atom is -0.396 e. The summed E-state index contributed by atoms with van der Waals surface area (Å²) >= 11 is 0. The number of pyridine rings is 1. The van der Waals surface area contributed by atoms with E-state index in [1.807, 2.05) is 6.07 Å². The fourth-order valence-corrected chi connectivity index (χ4v) is 1.67. The Kier molecular flexibility index (Phi) is 1.62. The van der Waals surface area contributed by atoms with Gasteiger partial charge in [-0.1, -0.05) is 6.07 Å². The van der Waals surface area contributed by atoms with Gasteiger partial charge in [0, 0.05) is 17.8 Å². The maximum atomic E-state index is 8.97. The molecule has 0 spiro atoms. The second-order valence-electron chi connectivity index (χ2n) is 2.97. The highest BCUT2D eigenvalue weighted by atomic mass is 16.3. The molecule has 1 unspecified atom stereocenters. The van der Waals surface area contributed by atoms with Gasteiger partial charge in [0.2, 0.25) is 0 Å². The van der Waals surface area contributed by atoms with E-state index in [0.29, 0.717) is 5.92 Å². The highest BCUT2D eigenvalue weighted by molar-refractivity contribution is 5.28. The van der Waals surface area contributed by atoms with Crippen LogP contribution in [0, 0.1) is 0 Å². The van der Waals surface area contributed by atoms with E-state index in [9.17, 15) is 0 Å². The predicted molar refractivity (Wildman–Crippen MR) is 42.4 cm³/mol. The molecule has 1 N–H and O–H groups in total. The molecule has 0 saturated heterocycles. The minimum absolute atomic E-state index is 0.240. The lowest BCUT2D eigenvalue weighted by atomic mass is 10.1. The number of rotatable bonds is 1. The fourth-order valence-electron chi connectivity index (χ4n) is 1.67. The Bertz CT molecular complexity index is 259. The van der Waals surface area contributed by atoms with Gasteiger partial charge in [-0.2, -0.15) is 0 Å². The third-order valence-corrected chi connectivity index (χ3v) is 2.30. The van der Waals surface area contributed by atoms with Gasteiger partial charge in [0.15, 0.2) is 0 Å². The van der Waals surface area contributed by atoms with Crippen molar-refractivity contribution in [3.63, 3.8) is 0 Å². The number of fused-ring (bicyclic) bond motifs is 1.